The van der Waals surface area contributed by atoms with E-state index in [1.807, 2.05) is 0 Å². The number of H-pyrrole nitrogens is 1. The summed E-state index contributed by atoms with van der Waals surface area (Å²) in [7, 11) is 0. The lowest BCUT2D eigenvalue weighted by molar-refractivity contribution is -0.143. The topological polar surface area (TPSA) is 63.6 Å². The lowest BCUT2D eigenvalue weighted by Gasteiger charge is -2.02. The van der Waals surface area contributed by atoms with E-state index in [2.05, 4.69) is 10.4 Å². The van der Waals surface area contributed by atoms with Crippen LogP contribution in [0.25, 0.3) is 0 Å². The first-order chi connectivity index (χ1) is 4.99. The zero-order valence-electron chi connectivity index (χ0n) is 5.09. The second kappa shape index (κ2) is 2.36. The van der Waals surface area contributed by atoms with Crippen molar-refractivity contribution in [1.29, 1.82) is 0 Å². The van der Waals surface area contributed by atoms with Crippen LogP contribution >= 0.6 is 0 Å². The quantitative estimate of drug-likeness (QED) is 0.616. The summed E-state index contributed by atoms with van der Waals surface area (Å²) in [5.41, 5.74) is -0.970. The Morgan fingerprint density at radius 1 is 1.55 bits per heavy atom. The molecule has 62 valence electrons. The van der Waals surface area contributed by atoms with Crippen molar-refractivity contribution >= 4 is 0 Å². The summed E-state index contributed by atoms with van der Waals surface area (Å²) >= 11 is 0. The van der Waals surface area contributed by atoms with Gasteiger partial charge in [0.2, 0.25) is 0 Å². The van der Waals surface area contributed by atoms with Gasteiger partial charge in [0.1, 0.15) is 6.54 Å². The average Bonchev–Trinajstić information content (AvgIpc) is 2.12. The van der Waals surface area contributed by atoms with Crippen molar-refractivity contribution in [3.05, 3.63) is 10.5 Å². The average molecular weight is 168 g/mol. The molecule has 5 nitrogen and oxygen atoms in total. The van der Waals surface area contributed by atoms with Crippen molar-refractivity contribution in [2.75, 3.05) is 0 Å². The number of nitrogens with zero attached hydrogens (tertiary/aromatic N) is 3. The number of hydrogen-bond acceptors (Lipinski definition) is 3. The molecule has 0 fully saturated rings. The molecule has 0 unspecified atom stereocenters. The molecule has 1 aromatic heterocycles. The Labute approximate surface area is 57.8 Å². The van der Waals surface area contributed by atoms with E-state index in [1.54, 1.807) is 5.10 Å². The molecule has 0 aliphatic carbocycles. The SMILES string of the molecule is O=c1[nH]nnn1CC(F)(F)F. The van der Waals surface area contributed by atoms with E-state index in [0.717, 1.165) is 0 Å². The second-order valence-electron chi connectivity index (χ2n) is 1.78. The van der Waals surface area contributed by atoms with E-state index >= 15 is 0 Å². The molecule has 0 amide bonds. The van der Waals surface area contributed by atoms with Crippen molar-refractivity contribution in [2.24, 2.45) is 0 Å². The Hall–Kier alpha value is -1.34. The summed E-state index contributed by atoms with van der Waals surface area (Å²) in [4.78, 5) is 10.4. The Morgan fingerprint density at radius 2 is 2.18 bits per heavy atom. The normalized spacial score (nSPS) is 11.9. The predicted octanol–water partition coefficient (Wildman–Crippen LogP) is -0.471. The molecule has 0 atom stereocenters. The standard InChI is InChI=1S/C3H3F3N4O/c4-3(5,6)1-10-2(11)7-8-9-10/h1H2,(H,7,9,11). The van der Waals surface area contributed by atoms with Gasteiger partial charge in [0.05, 0.1) is 0 Å². The predicted molar refractivity (Wildman–Crippen MR) is 26.7 cm³/mol. The zero-order valence-corrected chi connectivity index (χ0v) is 5.09. The van der Waals surface area contributed by atoms with Gasteiger partial charge in [-0.3, -0.25) is 0 Å². The minimum absolute atomic E-state index is 0.194. The molecule has 1 rings (SSSR count). The van der Waals surface area contributed by atoms with E-state index in [0.29, 0.717) is 0 Å². The Kier molecular flexibility index (Phi) is 1.67. The number of tetrazole rings is 1. The van der Waals surface area contributed by atoms with Crippen LogP contribution in [0.3, 0.4) is 0 Å². The van der Waals surface area contributed by atoms with Crippen LogP contribution in [0, 0.1) is 0 Å². The fraction of sp³-hybridized carbons (Fsp3) is 0.667. The molecular formula is C3H3F3N4O. The van der Waals surface area contributed by atoms with E-state index < -0.39 is 18.4 Å². The minimum atomic E-state index is -4.44. The van der Waals surface area contributed by atoms with Gasteiger partial charge in [0, 0.05) is 0 Å². The summed E-state index contributed by atoms with van der Waals surface area (Å²) < 4.78 is 34.9. The smallest absolute Gasteiger partial charge is 0.245 e. The van der Waals surface area contributed by atoms with Crippen LogP contribution in [-0.2, 0) is 6.54 Å². The van der Waals surface area contributed by atoms with Gasteiger partial charge in [-0.1, -0.05) is 0 Å². The second-order valence-corrected chi connectivity index (χ2v) is 1.78. The van der Waals surface area contributed by atoms with Crippen LogP contribution in [0.2, 0.25) is 0 Å². The Morgan fingerprint density at radius 3 is 2.55 bits per heavy atom. The number of aromatic nitrogens is 4. The molecular weight excluding hydrogens is 165 g/mol. The van der Waals surface area contributed by atoms with Gasteiger partial charge >= 0.3 is 11.9 Å². The maximum atomic E-state index is 11.6. The summed E-state index contributed by atoms with van der Waals surface area (Å²) in [5, 5.41) is 7.50. The zero-order chi connectivity index (χ0) is 8.48. The highest BCUT2D eigenvalue weighted by atomic mass is 19.4. The van der Waals surface area contributed by atoms with Gasteiger partial charge in [0.15, 0.2) is 0 Å². The van der Waals surface area contributed by atoms with Gasteiger partial charge < -0.3 is 0 Å². The van der Waals surface area contributed by atoms with E-state index in [1.165, 1.54) is 0 Å². The molecule has 1 heterocycles. The molecule has 0 spiro atoms. The number of hydrogen-bond donors (Lipinski definition) is 1. The summed E-state index contributed by atoms with van der Waals surface area (Å²) in [5.74, 6) is 0. The molecule has 0 saturated heterocycles. The minimum Gasteiger partial charge on any atom is -0.245 e. The first-order valence-corrected chi connectivity index (χ1v) is 2.54. The van der Waals surface area contributed by atoms with Crippen molar-refractivity contribution < 1.29 is 13.2 Å². The van der Waals surface area contributed by atoms with E-state index in [4.69, 9.17) is 0 Å². The van der Waals surface area contributed by atoms with Crippen LogP contribution in [-0.4, -0.2) is 26.4 Å². The Bertz CT molecular complexity index is 285. The highest BCUT2D eigenvalue weighted by molar-refractivity contribution is 4.55. The maximum Gasteiger partial charge on any atom is 0.408 e. The fourth-order valence-corrected chi connectivity index (χ4v) is 0.491. The van der Waals surface area contributed by atoms with Gasteiger partial charge in [-0.2, -0.15) is 17.9 Å². The van der Waals surface area contributed by atoms with E-state index in [9.17, 15) is 18.0 Å². The first kappa shape index (κ1) is 7.76. The van der Waals surface area contributed by atoms with Crippen molar-refractivity contribution in [3.8, 4) is 0 Å². The van der Waals surface area contributed by atoms with Crippen LogP contribution in [0.1, 0.15) is 0 Å². The Balaban J connectivity index is 2.80. The lowest BCUT2D eigenvalue weighted by Crippen LogP contribution is -2.27. The maximum absolute atomic E-state index is 11.6. The fourth-order valence-electron chi connectivity index (χ4n) is 0.491. The third-order valence-corrected chi connectivity index (χ3v) is 0.862. The molecule has 0 saturated carbocycles. The lowest BCUT2D eigenvalue weighted by atomic mass is 10.6. The van der Waals surface area contributed by atoms with Crippen LogP contribution < -0.4 is 5.69 Å². The van der Waals surface area contributed by atoms with Crippen molar-refractivity contribution in [1.82, 2.24) is 20.2 Å². The number of rotatable bonds is 1. The van der Waals surface area contributed by atoms with Gasteiger partial charge in [0.25, 0.3) is 0 Å². The monoisotopic (exact) mass is 168 g/mol. The van der Waals surface area contributed by atoms with Crippen LogP contribution in [0.5, 0.6) is 0 Å². The molecule has 8 heteroatoms. The van der Waals surface area contributed by atoms with Gasteiger partial charge in [-0.25, -0.2) is 9.89 Å². The number of aromatic amines is 1. The molecule has 0 bridgehead atoms. The molecule has 0 aliphatic rings. The number of halogens is 3. The summed E-state index contributed by atoms with van der Waals surface area (Å²) in [6.45, 7) is -1.41. The molecule has 1 aromatic rings. The number of nitrogens with one attached hydrogen (secondary N) is 1. The molecule has 11 heavy (non-hydrogen) atoms. The van der Waals surface area contributed by atoms with Crippen molar-refractivity contribution in [3.63, 3.8) is 0 Å². The number of alkyl halides is 3. The van der Waals surface area contributed by atoms with Crippen molar-refractivity contribution in [2.45, 2.75) is 12.7 Å². The summed E-state index contributed by atoms with van der Waals surface area (Å²) in [6, 6.07) is 0. The third-order valence-electron chi connectivity index (χ3n) is 0.862. The van der Waals surface area contributed by atoms with Crippen LogP contribution in [0.4, 0.5) is 13.2 Å². The van der Waals surface area contributed by atoms with Crippen LogP contribution in [0.15, 0.2) is 4.79 Å². The van der Waals surface area contributed by atoms with Gasteiger partial charge in [-0.05, 0) is 10.4 Å². The highest BCUT2D eigenvalue weighted by Gasteiger charge is 2.29. The largest absolute Gasteiger partial charge is 0.408 e. The molecule has 0 radical (unpaired) electrons. The molecule has 0 aliphatic heterocycles. The molecule has 0 aromatic carbocycles. The highest BCUT2D eigenvalue weighted by Crippen LogP contribution is 2.15. The summed E-state index contributed by atoms with van der Waals surface area (Å²) in [6.07, 6.45) is -4.44. The molecule has 1 N–H and O–H groups in total. The third kappa shape index (κ3) is 2.06. The van der Waals surface area contributed by atoms with E-state index in [-0.39, 0.29) is 4.68 Å². The van der Waals surface area contributed by atoms with Gasteiger partial charge in [-0.15, -0.1) is 0 Å². The first-order valence-electron chi connectivity index (χ1n) is 2.54.